The summed E-state index contributed by atoms with van der Waals surface area (Å²) in [5.41, 5.74) is 0.440. The second-order valence-electron chi connectivity index (χ2n) is 4.70. The zero-order chi connectivity index (χ0) is 15.0. The van der Waals surface area contributed by atoms with E-state index in [4.69, 9.17) is 0 Å². The van der Waals surface area contributed by atoms with Crippen molar-refractivity contribution >= 4 is 5.91 Å². The van der Waals surface area contributed by atoms with Crippen LogP contribution in [0.5, 0.6) is 5.75 Å². The SMILES string of the molecule is CCN(CC)CCCN(CC)C(=O)c1cncc(O)c1. The van der Waals surface area contributed by atoms with E-state index < -0.39 is 0 Å². The summed E-state index contributed by atoms with van der Waals surface area (Å²) >= 11 is 0. The van der Waals surface area contributed by atoms with Gasteiger partial charge in [-0.2, -0.15) is 0 Å². The Morgan fingerprint density at radius 3 is 2.40 bits per heavy atom. The van der Waals surface area contributed by atoms with E-state index in [9.17, 15) is 9.90 Å². The van der Waals surface area contributed by atoms with Crippen molar-refractivity contribution in [1.82, 2.24) is 14.8 Å². The number of amides is 1. The van der Waals surface area contributed by atoms with Crippen LogP contribution in [-0.4, -0.2) is 58.5 Å². The van der Waals surface area contributed by atoms with Crippen molar-refractivity contribution in [3.63, 3.8) is 0 Å². The van der Waals surface area contributed by atoms with Crippen LogP contribution < -0.4 is 0 Å². The molecule has 0 aliphatic heterocycles. The highest BCUT2D eigenvalue weighted by molar-refractivity contribution is 5.94. The highest BCUT2D eigenvalue weighted by Crippen LogP contribution is 2.11. The fraction of sp³-hybridized carbons (Fsp3) is 0.600. The van der Waals surface area contributed by atoms with E-state index in [2.05, 4.69) is 23.7 Å². The second kappa shape index (κ2) is 8.53. The van der Waals surface area contributed by atoms with Gasteiger partial charge < -0.3 is 14.9 Å². The number of carbonyl (C=O) groups is 1. The first-order valence-corrected chi connectivity index (χ1v) is 7.27. The summed E-state index contributed by atoms with van der Waals surface area (Å²) in [6, 6.07) is 1.46. The lowest BCUT2D eigenvalue weighted by Crippen LogP contribution is -2.34. The van der Waals surface area contributed by atoms with Gasteiger partial charge in [0.05, 0.1) is 11.8 Å². The molecular formula is C15H25N3O2. The average Bonchev–Trinajstić information content (AvgIpc) is 2.47. The molecule has 0 atom stereocenters. The van der Waals surface area contributed by atoms with Crippen LogP contribution in [0.25, 0.3) is 0 Å². The molecule has 112 valence electrons. The zero-order valence-corrected chi connectivity index (χ0v) is 12.7. The average molecular weight is 279 g/mol. The van der Waals surface area contributed by atoms with Crippen LogP contribution in [0.4, 0.5) is 0 Å². The molecule has 20 heavy (non-hydrogen) atoms. The Kier molecular flexibility index (Phi) is 7.01. The van der Waals surface area contributed by atoms with Crippen molar-refractivity contribution in [2.45, 2.75) is 27.2 Å². The largest absolute Gasteiger partial charge is 0.506 e. The van der Waals surface area contributed by atoms with Crippen molar-refractivity contribution < 1.29 is 9.90 Å². The predicted octanol–water partition coefficient (Wildman–Crippen LogP) is 1.98. The number of hydrogen-bond donors (Lipinski definition) is 1. The molecule has 1 amide bonds. The minimum Gasteiger partial charge on any atom is -0.506 e. The number of aromatic hydroxyl groups is 1. The molecule has 5 heteroatoms. The molecule has 0 unspecified atom stereocenters. The molecular weight excluding hydrogens is 254 g/mol. The maximum absolute atomic E-state index is 12.3. The molecule has 0 saturated carbocycles. The first kappa shape index (κ1) is 16.4. The highest BCUT2D eigenvalue weighted by Gasteiger charge is 2.15. The Morgan fingerprint density at radius 1 is 1.15 bits per heavy atom. The van der Waals surface area contributed by atoms with Gasteiger partial charge in [0, 0.05) is 19.3 Å². The van der Waals surface area contributed by atoms with E-state index in [1.165, 1.54) is 18.5 Å². The van der Waals surface area contributed by atoms with Crippen LogP contribution in [-0.2, 0) is 0 Å². The van der Waals surface area contributed by atoms with Crippen molar-refractivity contribution in [2.75, 3.05) is 32.7 Å². The number of rotatable bonds is 8. The van der Waals surface area contributed by atoms with Gasteiger partial charge in [0.25, 0.3) is 5.91 Å². The van der Waals surface area contributed by atoms with Gasteiger partial charge in [-0.25, -0.2) is 0 Å². The first-order valence-electron chi connectivity index (χ1n) is 7.27. The molecule has 0 aliphatic carbocycles. The molecule has 5 nitrogen and oxygen atoms in total. The Balaban J connectivity index is 2.55. The Bertz CT molecular complexity index is 419. The lowest BCUT2D eigenvalue weighted by atomic mass is 10.2. The minimum absolute atomic E-state index is 0.0232. The maximum atomic E-state index is 12.3. The van der Waals surface area contributed by atoms with Gasteiger partial charge in [0.2, 0.25) is 0 Å². The van der Waals surface area contributed by atoms with Crippen LogP contribution in [0.3, 0.4) is 0 Å². The highest BCUT2D eigenvalue weighted by atomic mass is 16.3. The third-order valence-electron chi connectivity index (χ3n) is 3.44. The van der Waals surface area contributed by atoms with E-state index in [0.29, 0.717) is 12.1 Å². The Morgan fingerprint density at radius 2 is 1.85 bits per heavy atom. The smallest absolute Gasteiger partial charge is 0.255 e. The normalized spacial score (nSPS) is 10.8. The van der Waals surface area contributed by atoms with E-state index in [1.807, 2.05) is 6.92 Å². The van der Waals surface area contributed by atoms with Crippen LogP contribution in [0, 0.1) is 0 Å². The summed E-state index contributed by atoms with van der Waals surface area (Å²) in [5.74, 6) is -0.0505. The molecule has 0 spiro atoms. The lowest BCUT2D eigenvalue weighted by Gasteiger charge is -2.23. The molecule has 0 bridgehead atoms. The Hall–Kier alpha value is -1.62. The Labute approximate surface area is 121 Å². The molecule has 0 aliphatic rings. The van der Waals surface area contributed by atoms with Crippen molar-refractivity contribution in [3.05, 3.63) is 24.0 Å². The summed E-state index contributed by atoms with van der Waals surface area (Å²) in [7, 11) is 0. The molecule has 1 rings (SSSR count). The number of carbonyl (C=O) groups excluding carboxylic acids is 1. The zero-order valence-electron chi connectivity index (χ0n) is 12.7. The van der Waals surface area contributed by atoms with Crippen LogP contribution in [0.1, 0.15) is 37.6 Å². The molecule has 0 fully saturated rings. The molecule has 1 aromatic heterocycles. The fourth-order valence-corrected chi connectivity index (χ4v) is 2.16. The number of nitrogens with zero attached hydrogens (tertiary/aromatic N) is 3. The molecule has 0 radical (unpaired) electrons. The van der Waals surface area contributed by atoms with Gasteiger partial charge in [-0.05, 0) is 39.0 Å². The standard InChI is InChI=1S/C15H25N3O2/c1-4-17(5-2)8-7-9-18(6-3)15(20)13-10-14(19)12-16-11-13/h10-12,19H,4-9H2,1-3H3. The quantitative estimate of drug-likeness (QED) is 0.790. The third-order valence-corrected chi connectivity index (χ3v) is 3.44. The van der Waals surface area contributed by atoms with Crippen molar-refractivity contribution in [3.8, 4) is 5.75 Å². The fourth-order valence-electron chi connectivity index (χ4n) is 2.16. The van der Waals surface area contributed by atoms with Crippen LogP contribution in [0.15, 0.2) is 18.5 Å². The second-order valence-corrected chi connectivity index (χ2v) is 4.70. The predicted molar refractivity (Wildman–Crippen MR) is 79.9 cm³/mol. The van der Waals surface area contributed by atoms with E-state index >= 15 is 0 Å². The summed E-state index contributed by atoms with van der Waals surface area (Å²) in [4.78, 5) is 20.3. The van der Waals surface area contributed by atoms with Gasteiger partial charge in [0.15, 0.2) is 0 Å². The van der Waals surface area contributed by atoms with E-state index in [-0.39, 0.29) is 11.7 Å². The molecule has 0 saturated heterocycles. The topological polar surface area (TPSA) is 56.7 Å². The van der Waals surface area contributed by atoms with Crippen LogP contribution in [0.2, 0.25) is 0 Å². The first-order chi connectivity index (χ1) is 9.62. The van der Waals surface area contributed by atoms with Gasteiger partial charge in [-0.15, -0.1) is 0 Å². The van der Waals surface area contributed by atoms with Gasteiger partial charge in [-0.1, -0.05) is 13.8 Å². The summed E-state index contributed by atoms with van der Waals surface area (Å²) < 4.78 is 0. The molecule has 1 N–H and O–H groups in total. The monoisotopic (exact) mass is 279 g/mol. The van der Waals surface area contributed by atoms with Crippen molar-refractivity contribution in [1.29, 1.82) is 0 Å². The van der Waals surface area contributed by atoms with E-state index in [1.54, 1.807) is 4.90 Å². The third kappa shape index (κ3) is 4.81. The summed E-state index contributed by atoms with van der Waals surface area (Å²) in [6.07, 6.45) is 3.77. The summed E-state index contributed by atoms with van der Waals surface area (Å²) in [6.45, 7) is 10.7. The van der Waals surface area contributed by atoms with Gasteiger partial charge in [0.1, 0.15) is 5.75 Å². The summed E-state index contributed by atoms with van der Waals surface area (Å²) in [5, 5.41) is 9.39. The number of hydrogen-bond acceptors (Lipinski definition) is 4. The van der Waals surface area contributed by atoms with Gasteiger partial charge in [-0.3, -0.25) is 9.78 Å². The molecule has 1 heterocycles. The van der Waals surface area contributed by atoms with Crippen LogP contribution >= 0.6 is 0 Å². The number of aromatic nitrogens is 1. The van der Waals surface area contributed by atoms with E-state index in [0.717, 1.165) is 32.6 Å². The minimum atomic E-state index is -0.0737. The van der Waals surface area contributed by atoms with Crippen molar-refractivity contribution in [2.24, 2.45) is 0 Å². The molecule has 0 aromatic carbocycles. The lowest BCUT2D eigenvalue weighted by molar-refractivity contribution is 0.0756. The van der Waals surface area contributed by atoms with Gasteiger partial charge >= 0.3 is 0 Å². The maximum Gasteiger partial charge on any atom is 0.255 e. The molecule has 1 aromatic rings. The number of pyridine rings is 1.